The molecule has 16 heavy (non-hydrogen) atoms. The number of carboxylic acids is 1. The predicted molar refractivity (Wildman–Crippen MR) is 56.7 cm³/mol. The number of aliphatic hydroxyl groups excluding tert-OH is 1. The molecular formula is C10H18N2O4. The van der Waals surface area contributed by atoms with Gasteiger partial charge in [0.05, 0.1) is 6.10 Å². The minimum absolute atomic E-state index is 0.123. The normalized spacial score (nSPS) is 24.8. The van der Waals surface area contributed by atoms with Crippen molar-refractivity contribution in [2.75, 3.05) is 13.1 Å². The maximum atomic E-state index is 11.7. The summed E-state index contributed by atoms with van der Waals surface area (Å²) in [5.41, 5.74) is 5.31. The Hall–Kier alpha value is -1.14. The van der Waals surface area contributed by atoms with Crippen LogP contribution in [0.1, 0.15) is 25.7 Å². The van der Waals surface area contributed by atoms with Gasteiger partial charge < -0.3 is 20.8 Å². The van der Waals surface area contributed by atoms with Gasteiger partial charge in [-0.1, -0.05) is 0 Å². The van der Waals surface area contributed by atoms with E-state index in [1.807, 2.05) is 0 Å². The summed E-state index contributed by atoms with van der Waals surface area (Å²) in [4.78, 5) is 23.8. The smallest absolute Gasteiger partial charge is 0.326 e. The molecule has 0 aliphatic carbocycles. The maximum Gasteiger partial charge on any atom is 0.326 e. The van der Waals surface area contributed by atoms with Crippen molar-refractivity contribution < 1.29 is 19.8 Å². The number of nitrogens with zero attached hydrogens (tertiary/aromatic N) is 1. The molecule has 0 spiro atoms. The van der Waals surface area contributed by atoms with Crippen LogP contribution in [0, 0.1) is 0 Å². The standard InChI is InChI=1S/C10H18N2O4/c11-4-2-1-3-9(14)12-6-7(13)5-8(12)10(15)16/h7-8,13H,1-6,11H2,(H,15,16). The molecule has 1 aliphatic heterocycles. The largest absolute Gasteiger partial charge is 0.480 e. The number of carboxylic acid groups (broad SMARTS) is 1. The number of aliphatic hydroxyl groups is 1. The predicted octanol–water partition coefficient (Wildman–Crippen LogP) is -0.838. The lowest BCUT2D eigenvalue weighted by atomic mass is 10.2. The number of hydrogen-bond donors (Lipinski definition) is 3. The van der Waals surface area contributed by atoms with E-state index >= 15 is 0 Å². The molecule has 0 saturated carbocycles. The molecule has 0 aromatic heterocycles. The summed E-state index contributed by atoms with van der Waals surface area (Å²) in [5.74, 6) is -1.26. The van der Waals surface area contributed by atoms with Crippen molar-refractivity contribution in [1.82, 2.24) is 4.90 Å². The Balaban J connectivity index is 2.50. The summed E-state index contributed by atoms with van der Waals surface area (Å²) in [6.07, 6.45) is 1.11. The number of amides is 1. The SMILES string of the molecule is NCCCCC(=O)N1CC(O)CC1C(=O)O. The molecule has 0 aromatic rings. The zero-order chi connectivity index (χ0) is 12.1. The lowest BCUT2D eigenvalue weighted by Crippen LogP contribution is -2.40. The van der Waals surface area contributed by atoms with Crippen LogP contribution in [0.4, 0.5) is 0 Å². The Morgan fingerprint density at radius 2 is 2.06 bits per heavy atom. The molecule has 0 aromatic carbocycles. The van der Waals surface area contributed by atoms with Crippen LogP contribution < -0.4 is 5.73 Å². The van der Waals surface area contributed by atoms with Gasteiger partial charge in [-0.2, -0.15) is 0 Å². The number of nitrogens with two attached hydrogens (primary N) is 1. The van der Waals surface area contributed by atoms with Crippen LogP contribution in [-0.4, -0.2) is 52.2 Å². The van der Waals surface area contributed by atoms with Crippen molar-refractivity contribution in [2.24, 2.45) is 5.73 Å². The van der Waals surface area contributed by atoms with Gasteiger partial charge in [0.15, 0.2) is 0 Å². The lowest BCUT2D eigenvalue weighted by Gasteiger charge is -2.20. The number of unbranched alkanes of at least 4 members (excludes halogenated alkanes) is 1. The third-order valence-corrected chi connectivity index (χ3v) is 2.73. The average molecular weight is 230 g/mol. The first-order chi connectivity index (χ1) is 7.56. The van der Waals surface area contributed by atoms with Gasteiger partial charge in [0.2, 0.25) is 5.91 Å². The van der Waals surface area contributed by atoms with Crippen LogP contribution in [0.3, 0.4) is 0 Å². The van der Waals surface area contributed by atoms with Gasteiger partial charge in [-0.05, 0) is 19.4 Å². The second-order valence-electron chi connectivity index (χ2n) is 4.04. The van der Waals surface area contributed by atoms with Gasteiger partial charge in [0.25, 0.3) is 0 Å². The number of rotatable bonds is 5. The number of hydrogen-bond acceptors (Lipinski definition) is 4. The van der Waals surface area contributed by atoms with Gasteiger partial charge in [0.1, 0.15) is 6.04 Å². The van der Waals surface area contributed by atoms with E-state index in [4.69, 9.17) is 10.8 Å². The molecule has 2 unspecified atom stereocenters. The Bertz CT molecular complexity index is 270. The molecule has 1 saturated heterocycles. The number of carbonyl (C=O) groups is 2. The first kappa shape index (κ1) is 12.9. The monoisotopic (exact) mass is 230 g/mol. The molecule has 92 valence electrons. The van der Waals surface area contributed by atoms with E-state index in [0.717, 1.165) is 6.42 Å². The van der Waals surface area contributed by atoms with Crippen molar-refractivity contribution in [3.63, 3.8) is 0 Å². The molecule has 1 fully saturated rings. The third kappa shape index (κ3) is 3.18. The summed E-state index contributed by atoms with van der Waals surface area (Å²) >= 11 is 0. The first-order valence-electron chi connectivity index (χ1n) is 5.46. The van der Waals surface area contributed by atoms with E-state index in [-0.39, 0.29) is 18.9 Å². The van der Waals surface area contributed by atoms with Crippen LogP contribution in [0.2, 0.25) is 0 Å². The molecule has 6 nitrogen and oxygen atoms in total. The molecule has 0 bridgehead atoms. The number of likely N-dealkylation sites (tertiary alicyclic amines) is 1. The van der Waals surface area contributed by atoms with Crippen LogP contribution in [0.25, 0.3) is 0 Å². The Morgan fingerprint density at radius 1 is 1.38 bits per heavy atom. The zero-order valence-corrected chi connectivity index (χ0v) is 9.13. The van der Waals surface area contributed by atoms with E-state index in [2.05, 4.69) is 0 Å². The molecule has 6 heteroatoms. The van der Waals surface area contributed by atoms with E-state index in [9.17, 15) is 14.7 Å². The topological polar surface area (TPSA) is 104 Å². The molecule has 4 N–H and O–H groups in total. The van der Waals surface area contributed by atoms with Crippen molar-refractivity contribution in [3.05, 3.63) is 0 Å². The van der Waals surface area contributed by atoms with Crippen LogP contribution in [0.5, 0.6) is 0 Å². The summed E-state index contributed by atoms with van der Waals surface area (Å²) in [7, 11) is 0. The summed E-state index contributed by atoms with van der Waals surface area (Å²) in [6, 6.07) is -0.875. The second-order valence-corrected chi connectivity index (χ2v) is 4.04. The van der Waals surface area contributed by atoms with Gasteiger partial charge in [-0.25, -0.2) is 4.79 Å². The minimum atomic E-state index is -1.05. The van der Waals surface area contributed by atoms with Gasteiger partial charge in [0, 0.05) is 19.4 Å². The maximum absolute atomic E-state index is 11.7. The van der Waals surface area contributed by atoms with E-state index in [1.54, 1.807) is 0 Å². The highest BCUT2D eigenvalue weighted by atomic mass is 16.4. The van der Waals surface area contributed by atoms with Crippen LogP contribution in [-0.2, 0) is 9.59 Å². The zero-order valence-electron chi connectivity index (χ0n) is 9.13. The van der Waals surface area contributed by atoms with E-state index < -0.39 is 18.1 Å². The van der Waals surface area contributed by atoms with Crippen molar-refractivity contribution >= 4 is 11.9 Å². The molecule has 0 radical (unpaired) electrons. The van der Waals surface area contributed by atoms with Crippen molar-refractivity contribution in [3.8, 4) is 0 Å². The molecule has 1 heterocycles. The molecule has 2 atom stereocenters. The Morgan fingerprint density at radius 3 is 2.62 bits per heavy atom. The van der Waals surface area contributed by atoms with Crippen LogP contribution in [0.15, 0.2) is 0 Å². The highest BCUT2D eigenvalue weighted by Gasteiger charge is 2.38. The van der Waals surface area contributed by atoms with Crippen molar-refractivity contribution in [1.29, 1.82) is 0 Å². The Kier molecular flexibility index (Phi) is 4.70. The van der Waals surface area contributed by atoms with E-state index in [0.29, 0.717) is 19.4 Å². The van der Waals surface area contributed by atoms with Crippen LogP contribution >= 0.6 is 0 Å². The van der Waals surface area contributed by atoms with E-state index in [1.165, 1.54) is 4.90 Å². The molecule has 1 rings (SSSR count). The van der Waals surface area contributed by atoms with Crippen molar-refractivity contribution in [2.45, 2.75) is 37.8 Å². The fourth-order valence-corrected chi connectivity index (χ4v) is 1.89. The summed E-state index contributed by atoms with van der Waals surface area (Å²) < 4.78 is 0. The number of β-amino-alcohol motifs (C(OH)–C–C–N with tert-alkyl or cyclic N) is 1. The third-order valence-electron chi connectivity index (χ3n) is 2.73. The fourth-order valence-electron chi connectivity index (χ4n) is 1.89. The summed E-state index contributed by atoms with van der Waals surface area (Å²) in [6.45, 7) is 0.649. The van der Waals surface area contributed by atoms with Gasteiger partial charge >= 0.3 is 5.97 Å². The molecular weight excluding hydrogens is 212 g/mol. The number of carbonyl (C=O) groups excluding carboxylic acids is 1. The molecule has 1 aliphatic rings. The highest BCUT2D eigenvalue weighted by Crippen LogP contribution is 2.19. The quantitative estimate of drug-likeness (QED) is 0.534. The van der Waals surface area contributed by atoms with Gasteiger partial charge in [-0.15, -0.1) is 0 Å². The van der Waals surface area contributed by atoms with Gasteiger partial charge in [-0.3, -0.25) is 4.79 Å². The second kappa shape index (κ2) is 5.81. The highest BCUT2D eigenvalue weighted by molar-refractivity contribution is 5.84. The first-order valence-corrected chi connectivity index (χ1v) is 5.46. The molecule has 1 amide bonds. The minimum Gasteiger partial charge on any atom is -0.480 e. The average Bonchev–Trinajstić information content (AvgIpc) is 2.61. The fraction of sp³-hybridized carbons (Fsp3) is 0.800. The lowest BCUT2D eigenvalue weighted by molar-refractivity contribution is -0.148. The Labute approximate surface area is 94.0 Å². The summed E-state index contributed by atoms with van der Waals surface area (Å²) in [5, 5.41) is 18.3. The number of aliphatic carboxylic acids is 1.